The molecule has 0 atom stereocenters. The van der Waals surface area contributed by atoms with Gasteiger partial charge in [-0.25, -0.2) is 0 Å². The topological polar surface area (TPSA) is 73.0 Å². The standard InChI is InChI=1S/C12H14N4O2/c1-15-9-11(8-14-15)7-13-6-10-3-2-4-12(5-10)16(17)18/h2-5,8-9,13H,6-7H2,1H3. The molecule has 0 bridgehead atoms. The quantitative estimate of drug-likeness (QED) is 0.642. The summed E-state index contributed by atoms with van der Waals surface area (Å²) in [6.07, 6.45) is 3.72. The molecule has 1 aromatic carbocycles. The minimum Gasteiger partial charge on any atom is -0.308 e. The van der Waals surface area contributed by atoms with Crippen LogP contribution in [0.1, 0.15) is 11.1 Å². The van der Waals surface area contributed by atoms with Crippen molar-refractivity contribution in [3.63, 3.8) is 0 Å². The van der Waals surface area contributed by atoms with Gasteiger partial charge in [0.2, 0.25) is 0 Å². The first-order chi connectivity index (χ1) is 8.65. The molecule has 2 aromatic rings. The lowest BCUT2D eigenvalue weighted by atomic mass is 10.2. The van der Waals surface area contributed by atoms with E-state index in [0.29, 0.717) is 13.1 Å². The van der Waals surface area contributed by atoms with Gasteiger partial charge >= 0.3 is 0 Å². The van der Waals surface area contributed by atoms with Gasteiger partial charge in [-0.1, -0.05) is 12.1 Å². The minimum atomic E-state index is -0.384. The molecular formula is C12H14N4O2. The van der Waals surface area contributed by atoms with Crippen molar-refractivity contribution in [1.82, 2.24) is 15.1 Å². The number of nitrogens with one attached hydrogen (secondary N) is 1. The van der Waals surface area contributed by atoms with Crippen molar-refractivity contribution >= 4 is 5.69 Å². The molecular weight excluding hydrogens is 232 g/mol. The predicted molar refractivity (Wildman–Crippen MR) is 66.8 cm³/mol. The van der Waals surface area contributed by atoms with Crippen molar-refractivity contribution in [1.29, 1.82) is 0 Å². The summed E-state index contributed by atoms with van der Waals surface area (Å²) in [4.78, 5) is 10.2. The van der Waals surface area contributed by atoms with Crippen molar-refractivity contribution in [3.05, 3.63) is 57.9 Å². The van der Waals surface area contributed by atoms with Gasteiger partial charge < -0.3 is 5.32 Å². The molecule has 0 aliphatic rings. The van der Waals surface area contributed by atoms with Gasteiger partial charge in [-0.2, -0.15) is 5.10 Å². The minimum absolute atomic E-state index is 0.121. The second kappa shape index (κ2) is 5.42. The largest absolute Gasteiger partial charge is 0.308 e. The molecule has 0 saturated heterocycles. The van der Waals surface area contributed by atoms with E-state index in [1.165, 1.54) is 6.07 Å². The number of aryl methyl sites for hydroxylation is 1. The Bertz CT molecular complexity index is 551. The van der Waals surface area contributed by atoms with Gasteiger partial charge in [-0.15, -0.1) is 0 Å². The van der Waals surface area contributed by atoms with Crippen LogP contribution in [0.3, 0.4) is 0 Å². The highest BCUT2D eigenvalue weighted by Crippen LogP contribution is 2.12. The lowest BCUT2D eigenvalue weighted by molar-refractivity contribution is -0.384. The number of hydrogen-bond acceptors (Lipinski definition) is 4. The van der Waals surface area contributed by atoms with Crippen molar-refractivity contribution < 1.29 is 4.92 Å². The number of nitro groups is 1. The number of nitro benzene ring substituents is 1. The Balaban J connectivity index is 1.90. The first kappa shape index (κ1) is 12.3. The second-order valence-corrected chi connectivity index (χ2v) is 4.05. The lowest BCUT2D eigenvalue weighted by Crippen LogP contribution is -2.12. The first-order valence-electron chi connectivity index (χ1n) is 5.57. The van der Waals surface area contributed by atoms with E-state index >= 15 is 0 Å². The zero-order valence-corrected chi connectivity index (χ0v) is 10.0. The molecule has 0 fully saturated rings. The molecule has 0 saturated carbocycles. The molecule has 0 spiro atoms. The van der Waals surface area contributed by atoms with Gasteiger partial charge in [-0.3, -0.25) is 14.8 Å². The Morgan fingerprint density at radius 1 is 1.39 bits per heavy atom. The van der Waals surface area contributed by atoms with Crippen LogP contribution in [0.5, 0.6) is 0 Å². The van der Waals surface area contributed by atoms with Crippen LogP contribution in [-0.2, 0) is 20.1 Å². The fourth-order valence-electron chi connectivity index (χ4n) is 1.69. The van der Waals surface area contributed by atoms with E-state index in [4.69, 9.17) is 0 Å². The summed E-state index contributed by atoms with van der Waals surface area (Å²) >= 11 is 0. The summed E-state index contributed by atoms with van der Waals surface area (Å²) < 4.78 is 1.74. The highest BCUT2D eigenvalue weighted by molar-refractivity contribution is 5.34. The van der Waals surface area contributed by atoms with E-state index in [0.717, 1.165) is 11.1 Å². The molecule has 1 aromatic heterocycles. The second-order valence-electron chi connectivity index (χ2n) is 4.05. The molecule has 0 amide bonds. The summed E-state index contributed by atoms with van der Waals surface area (Å²) in [6, 6.07) is 6.63. The van der Waals surface area contributed by atoms with Crippen molar-refractivity contribution in [2.75, 3.05) is 0 Å². The predicted octanol–water partition coefficient (Wildman–Crippen LogP) is 1.62. The third kappa shape index (κ3) is 3.14. The molecule has 2 rings (SSSR count). The highest BCUT2D eigenvalue weighted by atomic mass is 16.6. The van der Waals surface area contributed by atoms with E-state index < -0.39 is 0 Å². The smallest absolute Gasteiger partial charge is 0.269 e. The molecule has 0 aliphatic carbocycles. The Kier molecular flexibility index (Phi) is 3.69. The van der Waals surface area contributed by atoms with Gasteiger partial charge in [0.1, 0.15) is 0 Å². The van der Waals surface area contributed by atoms with Crippen LogP contribution >= 0.6 is 0 Å². The zero-order valence-electron chi connectivity index (χ0n) is 10.0. The van der Waals surface area contributed by atoms with Gasteiger partial charge in [0.25, 0.3) is 5.69 Å². The third-order valence-electron chi connectivity index (χ3n) is 2.54. The van der Waals surface area contributed by atoms with Crippen LogP contribution in [0, 0.1) is 10.1 Å². The van der Waals surface area contributed by atoms with Crippen LogP contribution in [0.2, 0.25) is 0 Å². The normalized spacial score (nSPS) is 10.5. The van der Waals surface area contributed by atoms with E-state index in [1.807, 2.05) is 19.3 Å². The Morgan fingerprint density at radius 2 is 2.17 bits per heavy atom. The Labute approximate surface area is 104 Å². The van der Waals surface area contributed by atoms with Crippen LogP contribution in [-0.4, -0.2) is 14.7 Å². The SMILES string of the molecule is Cn1cc(CNCc2cccc([N+](=O)[O-])c2)cn1. The summed E-state index contributed by atoms with van der Waals surface area (Å²) in [7, 11) is 1.87. The average Bonchev–Trinajstić information content (AvgIpc) is 2.75. The number of non-ortho nitro benzene ring substituents is 1. The maximum Gasteiger partial charge on any atom is 0.269 e. The molecule has 0 unspecified atom stereocenters. The summed E-state index contributed by atoms with van der Waals surface area (Å²) in [5.74, 6) is 0. The maximum atomic E-state index is 10.6. The monoisotopic (exact) mass is 246 g/mol. The lowest BCUT2D eigenvalue weighted by Gasteiger charge is -2.03. The van der Waals surface area contributed by atoms with E-state index in [-0.39, 0.29) is 10.6 Å². The summed E-state index contributed by atoms with van der Waals surface area (Å²) in [5, 5.41) is 17.9. The van der Waals surface area contributed by atoms with Crippen molar-refractivity contribution in [2.45, 2.75) is 13.1 Å². The molecule has 1 heterocycles. The number of aromatic nitrogens is 2. The van der Waals surface area contributed by atoms with Crippen LogP contribution in [0.4, 0.5) is 5.69 Å². The number of rotatable bonds is 5. The van der Waals surface area contributed by atoms with Crippen LogP contribution in [0.25, 0.3) is 0 Å². The summed E-state index contributed by atoms with van der Waals surface area (Å²) in [5.41, 5.74) is 2.10. The molecule has 6 heteroatoms. The molecule has 6 nitrogen and oxygen atoms in total. The molecule has 0 aliphatic heterocycles. The molecule has 94 valence electrons. The highest BCUT2D eigenvalue weighted by Gasteiger charge is 2.05. The van der Waals surface area contributed by atoms with Crippen LogP contribution in [0.15, 0.2) is 36.7 Å². The van der Waals surface area contributed by atoms with Gasteiger partial charge in [-0.05, 0) is 5.56 Å². The fraction of sp³-hybridized carbons (Fsp3) is 0.250. The Morgan fingerprint density at radius 3 is 2.83 bits per heavy atom. The third-order valence-corrected chi connectivity index (χ3v) is 2.54. The average molecular weight is 246 g/mol. The van der Waals surface area contributed by atoms with Crippen molar-refractivity contribution in [3.8, 4) is 0 Å². The maximum absolute atomic E-state index is 10.6. The molecule has 1 N–H and O–H groups in total. The van der Waals surface area contributed by atoms with E-state index in [9.17, 15) is 10.1 Å². The number of benzene rings is 1. The Hall–Kier alpha value is -2.21. The summed E-state index contributed by atoms with van der Waals surface area (Å²) in [6.45, 7) is 1.28. The van der Waals surface area contributed by atoms with Gasteiger partial charge in [0.15, 0.2) is 0 Å². The fourth-order valence-corrected chi connectivity index (χ4v) is 1.69. The molecule has 0 radical (unpaired) electrons. The number of hydrogen-bond donors (Lipinski definition) is 1. The van der Waals surface area contributed by atoms with Gasteiger partial charge in [0.05, 0.1) is 11.1 Å². The molecule has 18 heavy (non-hydrogen) atoms. The van der Waals surface area contributed by atoms with Crippen LogP contribution < -0.4 is 5.32 Å². The van der Waals surface area contributed by atoms with Gasteiger partial charge in [0, 0.05) is 44.0 Å². The number of nitrogens with zero attached hydrogens (tertiary/aromatic N) is 3. The van der Waals surface area contributed by atoms with E-state index in [2.05, 4.69) is 10.4 Å². The van der Waals surface area contributed by atoms with E-state index in [1.54, 1.807) is 23.0 Å². The van der Waals surface area contributed by atoms with Crippen molar-refractivity contribution in [2.24, 2.45) is 7.05 Å². The first-order valence-corrected chi connectivity index (χ1v) is 5.57. The zero-order chi connectivity index (χ0) is 13.0.